The fourth-order valence-corrected chi connectivity index (χ4v) is 9.74. The summed E-state index contributed by atoms with van der Waals surface area (Å²) < 4.78 is 16.7. The van der Waals surface area contributed by atoms with Gasteiger partial charge in [0.05, 0.1) is 61.8 Å². The monoisotopic (exact) mass is 781 g/mol. The van der Waals surface area contributed by atoms with Crippen molar-refractivity contribution in [2.24, 2.45) is 23.7 Å². The number of likely N-dealkylation sites (tertiary alicyclic amines) is 1. The molecule has 0 bridgehead atoms. The maximum atomic E-state index is 15.5. The smallest absolute Gasteiger partial charge is 0.260 e. The van der Waals surface area contributed by atoms with E-state index >= 15 is 9.59 Å². The van der Waals surface area contributed by atoms with E-state index in [4.69, 9.17) is 37.4 Å². The summed E-state index contributed by atoms with van der Waals surface area (Å²) in [6, 6.07) is 24.3. The Labute approximate surface area is 327 Å². The number of methoxy groups -OCH3 is 3. The largest absolute Gasteiger partial charge is 0.502 e. The molecule has 55 heavy (non-hydrogen) atoms. The average Bonchev–Trinajstić information content (AvgIpc) is 3.56. The molecular weight excluding hydrogens is 745 g/mol. The number of nitrogens with zero attached hydrogens (tertiary/aromatic N) is 2. The van der Waals surface area contributed by atoms with Gasteiger partial charge in [0.1, 0.15) is 5.75 Å². The van der Waals surface area contributed by atoms with E-state index in [0.717, 1.165) is 16.1 Å². The number of hydrogen-bond donors (Lipinski definition) is 2. The first-order chi connectivity index (χ1) is 26.5. The highest BCUT2D eigenvalue weighted by atomic mass is 35.5. The third kappa shape index (κ3) is 5.62. The molecule has 2 aliphatic heterocycles. The number of rotatable bonds is 9. The number of halogens is 2. The van der Waals surface area contributed by atoms with Crippen LogP contribution in [-0.4, -0.2) is 60.0 Å². The normalized spacial score (nSPS) is 25.6. The van der Waals surface area contributed by atoms with E-state index in [1.165, 1.54) is 32.3 Å². The lowest BCUT2D eigenvalue weighted by Gasteiger charge is -2.50. The summed E-state index contributed by atoms with van der Waals surface area (Å²) in [5, 5.41) is 12.6. The number of allylic oxidation sites excluding steroid dienone is 2. The van der Waals surface area contributed by atoms with Crippen molar-refractivity contribution in [2.45, 2.75) is 30.7 Å². The third-order valence-electron chi connectivity index (χ3n) is 11.7. The molecule has 13 heteroatoms. The van der Waals surface area contributed by atoms with Crippen LogP contribution in [0.15, 0.2) is 96.6 Å². The number of hydrazine groups is 1. The average molecular weight is 783 g/mol. The molecule has 11 nitrogen and oxygen atoms in total. The highest BCUT2D eigenvalue weighted by Gasteiger charge is 2.70. The second kappa shape index (κ2) is 14.0. The molecule has 4 aliphatic rings. The quantitative estimate of drug-likeness (QED) is 0.137. The summed E-state index contributed by atoms with van der Waals surface area (Å²) in [7, 11) is 4.35. The minimum atomic E-state index is -1.60. The van der Waals surface area contributed by atoms with Gasteiger partial charge in [-0.2, -0.15) is 5.01 Å². The molecule has 4 aromatic carbocycles. The van der Waals surface area contributed by atoms with Crippen molar-refractivity contribution in [2.75, 3.05) is 26.8 Å². The lowest BCUT2D eigenvalue weighted by Crippen LogP contribution is -2.53. The van der Waals surface area contributed by atoms with E-state index in [1.54, 1.807) is 48.5 Å². The topological polar surface area (TPSA) is 135 Å². The molecule has 8 rings (SSSR count). The molecule has 2 heterocycles. The predicted octanol–water partition coefficient (Wildman–Crippen LogP) is 6.91. The van der Waals surface area contributed by atoms with Crippen LogP contribution in [0.2, 0.25) is 10.0 Å². The summed E-state index contributed by atoms with van der Waals surface area (Å²) in [4.78, 5) is 60.4. The zero-order valence-corrected chi connectivity index (χ0v) is 31.6. The van der Waals surface area contributed by atoms with Gasteiger partial charge in [0.15, 0.2) is 11.5 Å². The maximum absolute atomic E-state index is 15.5. The number of carbonyl (C=O) groups excluding carboxylic acids is 4. The van der Waals surface area contributed by atoms with Gasteiger partial charge in [-0.3, -0.25) is 29.5 Å². The number of phenols is 1. The Hall–Kier alpha value is -5.52. The fourth-order valence-electron chi connectivity index (χ4n) is 9.29. The van der Waals surface area contributed by atoms with E-state index in [9.17, 15) is 14.7 Å². The molecule has 2 saturated heterocycles. The van der Waals surface area contributed by atoms with Crippen LogP contribution in [0.1, 0.15) is 35.4 Å². The zero-order chi connectivity index (χ0) is 38.8. The maximum Gasteiger partial charge on any atom is 0.260 e. The minimum Gasteiger partial charge on any atom is -0.502 e. The SMILES string of the molecule is COc1ccc([C@@]23C(=O)N(Nc4ccc(Cl)cc4Cl)C(=O)[C@@H]2C[C@@H]2C(=CC[C@@H]4C(=O)N(Cc5ccccc5)C(=O)[C@@H]42)[C@@H]3c2cc(OC)c(O)c(OC)c2)cc1. The van der Waals surface area contributed by atoms with Crippen LogP contribution in [0, 0.1) is 23.7 Å². The third-order valence-corrected chi connectivity index (χ3v) is 12.2. The van der Waals surface area contributed by atoms with Gasteiger partial charge in [-0.15, -0.1) is 0 Å². The van der Waals surface area contributed by atoms with Crippen molar-refractivity contribution in [3.63, 3.8) is 0 Å². The summed E-state index contributed by atoms with van der Waals surface area (Å²) in [6.07, 6.45) is 2.31. The van der Waals surface area contributed by atoms with Crippen LogP contribution in [0.25, 0.3) is 0 Å². The number of fused-ring (bicyclic) bond motifs is 4. The number of anilines is 1. The molecule has 4 amide bonds. The molecule has 6 atom stereocenters. The highest BCUT2D eigenvalue weighted by molar-refractivity contribution is 6.36. The van der Waals surface area contributed by atoms with Gasteiger partial charge in [-0.05, 0) is 77.9 Å². The molecule has 3 fully saturated rings. The second-order valence-electron chi connectivity index (χ2n) is 14.2. The van der Waals surface area contributed by atoms with Gasteiger partial charge in [0.2, 0.25) is 17.6 Å². The van der Waals surface area contributed by atoms with Crippen LogP contribution in [-0.2, 0) is 31.1 Å². The second-order valence-corrected chi connectivity index (χ2v) is 15.1. The molecule has 2 N–H and O–H groups in total. The standard InChI is InChI=1S/C42H37Cl2N3O8/c1-53-26-12-9-24(10-13-26)42-30(39(50)47(41(42)52)45-32-16-11-25(43)19-31(32)44)20-29-27(36(42)23-17-33(54-2)37(48)34(18-23)55-3)14-15-28-35(29)40(51)46(38(28)49)21-22-7-5-4-6-8-22/h4-14,16-19,28-30,35-36,45,48H,15,20-21H2,1-3H3/t28-,29+,30-,35-,36-,42+/m0/s1. The predicted molar refractivity (Wildman–Crippen MR) is 204 cm³/mol. The van der Waals surface area contributed by atoms with Gasteiger partial charge in [-0.1, -0.05) is 77.3 Å². The minimum absolute atomic E-state index is 0.0908. The van der Waals surface area contributed by atoms with Crippen LogP contribution in [0.5, 0.6) is 23.0 Å². The lowest BCUT2D eigenvalue weighted by atomic mass is 9.49. The van der Waals surface area contributed by atoms with Gasteiger partial charge < -0.3 is 19.3 Å². The van der Waals surface area contributed by atoms with Gasteiger partial charge >= 0.3 is 0 Å². The first kappa shape index (κ1) is 36.5. The molecule has 0 radical (unpaired) electrons. The molecule has 4 aromatic rings. The van der Waals surface area contributed by atoms with Crippen molar-refractivity contribution in [3.8, 4) is 23.0 Å². The van der Waals surface area contributed by atoms with Gasteiger partial charge in [-0.25, -0.2) is 0 Å². The van der Waals surface area contributed by atoms with Crippen molar-refractivity contribution >= 4 is 52.5 Å². The molecule has 0 aromatic heterocycles. The zero-order valence-electron chi connectivity index (χ0n) is 30.1. The van der Waals surface area contributed by atoms with Crippen LogP contribution in [0.4, 0.5) is 5.69 Å². The number of amides is 4. The van der Waals surface area contributed by atoms with E-state index < -0.39 is 46.8 Å². The summed E-state index contributed by atoms with van der Waals surface area (Å²) in [5.41, 5.74) is 4.26. The fraction of sp³-hybridized carbons (Fsp3) is 0.286. The van der Waals surface area contributed by atoms with Crippen molar-refractivity contribution < 1.29 is 38.5 Å². The number of phenolic OH excluding ortho intramolecular Hbond substituents is 1. The van der Waals surface area contributed by atoms with E-state index in [-0.39, 0.29) is 59.2 Å². The number of benzene rings is 4. The van der Waals surface area contributed by atoms with Crippen LogP contribution >= 0.6 is 23.2 Å². The van der Waals surface area contributed by atoms with E-state index in [2.05, 4.69) is 5.43 Å². The summed E-state index contributed by atoms with van der Waals surface area (Å²) >= 11 is 12.8. The number of ether oxygens (including phenoxy) is 3. The number of aromatic hydroxyl groups is 1. The van der Waals surface area contributed by atoms with Crippen LogP contribution in [0.3, 0.4) is 0 Å². The van der Waals surface area contributed by atoms with E-state index in [0.29, 0.717) is 21.9 Å². The Morgan fingerprint density at radius 1 is 0.818 bits per heavy atom. The first-order valence-electron chi connectivity index (χ1n) is 17.8. The molecule has 0 unspecified atom stereocenters. The van der Waals surface area contributed by atoms with Gasteiger partial charge in [0.25, 0.3) is 11.8 Å². The Balaban J connectivity index is 1.34. The van der Waals surface area contributed by atoms with Crippen molar-refractivity contribution in [3.05, 3.63) is 123 Å². The molecule has 1 saturated carbocycles. The highest BCUT2D eigenvalue weighted by Crippen LogP contribution is 2.65. The number of hydrogen-bond acceptors (Lipinski definition) is 9. The number of carbonyl (C=O) groups is 4. The van der Waals surface area contributed by atoms with Crippen LogP contribution < -0.4 is 19.6 Å². The number of imide groups is 2. The Morgan fingerprint density at radius 3 is 2.15 bits per heavy atom. The Morgan fingerprint density at radius 2 is 1.51 bits per heavy atom. The first-order valence-corrected chi connectivity index (χ1v) is 18.6. The Bertz CT molecular complexity index is 2240. The molecular formula is C42H37Cl2N3O8. The summed E-state index contributed by atoms with van der Waals surface area (Å²) in [5.74, 6) is -5.13. The molecule has 282 valence electrons. The van der Waals surface area contributed by atoms with E-state index in [1.807, 2.05) is 36.4 Å². The number of nitrogens with one attached hydrogen (secondary N) is 1. The van der Waals surface area contributed by atoms with Gasteiger partial charge in [0, 0.05) is 10.9 Å². The summed E-state index contributed by atoms with van der Waals surface area (Å²) in [6.45, 7) is 0.125. The van der Waals surface area contributed by atoms with Crippen molar-refractivity contribution in [1.29, 1.82) is 0 Å². The lowest BCUT2D eigenvalue weighted by molar-refractivity contribution is -0.142. The molecule has 0 spiro atoms. The Kier molecular flexibility index (Phi) is 9.25. The molecule has 2 aliphatic carbocycles. The van der Waals surface area contributed by atoms with Crippen molar-refractivity contribution in [1.82, 2.24) is 9.91 Å².